The molecule has 0 aliphatic rings. The van der Waals surface area contributed by atoms with Gasteiger partial charge in [0.15, 0.2) is 0 Å². The third-order valence-electron chi connectivity index (χ3n) is 2.19. The van der Waals surface area contributed by atoms with Crippen molar-refractivity contribution in [1.82, 2.24) is 10.3 Å². The second-order valence-electron chi connectivity index (χ2n) is 3.37. The van der Waals surface area contributed by atoms with Crippen LogP contribution in [-0.2, 0) is 0 Å². The van der Waals surface area contributed by atoms with Gasteiger partial charge < -0.3 is 5.32 Å². The predicted octanol–water partition coefficient (Wildman–Crippen LogP) is 2.70. The molecule has 1 N–H and O–H groups in total. The molecule has 0 atom stereocenters. The van der Waals surface area contributed by atoms with Crippen LogP contribution in [-0.4, -0.2) is 17.4 Å². The maximum atomic E-state index is 13.2. The molecular weight excluding hydrogens is 239 g/mol. The van der Waals surface area contributed by atoms with Crippen LogP contribution in [0.4, 0.5) is 4.39 Å². The van der Waals surface area contributed by atoms with Crippen molar-refractivity contribution >= 4 is 17.2 Å². The van der Waals surface area contributed by atoms with Crippen LogP contribution >= 0.6 is 11.3 Å². The van der Waals surface area contributed by atoms with Crippen LogP contribution in [0.1, 0.15) is 17.4 Å². The van der Waals surface area contributed by atoms with Gasteiger partial charge in [-0.05, 0) is 12.5 Å². The second kappa shape index (κ2) is 5.05. The fraction of sp³-hybridized carbons (Fsp3) is 0.167. The molecule has 0 saturated carbocycles. The fourth-order valence-electron chi connectivity index (χ4n) is 1.48. The van der Waals surface area contributed by atoms with Crippen molar-refractivity contribution in [2.24, 2.45) is 0 Å². The Bertz CT molecular complexity index is 525. The Morgan fingerprint density at radius 1 is 1.41 bits per heavy atom. The number of thiazole rings is 1. The molecule has 0 spiro atoms. The third kappa shape index (κ3) is 2.50. The molecule has 0 unspecified atom stereocenters. The Hall–Kier alpha value is -1.75. The number of halogens is 1. The summed E-state index contributed by atoms with van der Waals surface area (Å²) in [5, 5.41) is 2.03. The first kappa shape index (κ1) is 11.7. The fourth-order valence-corrected chi connectivity index (χ4v) is 2.27. The molecule has 1 aromatic carbocycles. The van der Waals surface area contributed by atoms with Crippen molar-refractivity contribution in [1.29, 1.82) is 0 Å². The Balaban J connectivity index is 2.44. The summed E-state index contributed by atoms with van der Waals surface area (Å²) in [6.07, 6.45) is 0. The summed E-state index contributed by atoms with van der Waals surface area (Å²) >= 11 is 0.883. The third-order valence-corrected chi connectivity index (χ3v) is 3.08. The van der Waals surface area contributed by atoms with E-state index in [2.05, 4.69) is 10.3 Å². The zero-order valence-electron chi connectivity index (χ0n) is 9.24. The van der Waals surface area contributed by atoms with Crippen molar-refractivity contribution in [3.05, 3.63) is 41.3 Å². The van der Waals surface area contributed by atoms with E-state index in [1.807, 2.05) is 37.3 Å². The molecule has 0 aliphatic carbocycles. The molecule has 0 radical (unpaired) electrons. The molecule has 5 heteroatoms. The standard InChI is InChI=1S/C12H11FN2OS/c1-2-14-11(16)9-10(17-12(13)15-9)8-6-4-3-5-7-8/h3-7H,2H2,1H3,(H,14,16). The number of hydrogen-bond donors (Lipinski definition) is 1. The summed E-state index contributed by atoms with van der Waals surface area (Å²) < 4.78 is 13.2. The SMILES string of the molecule is CCNC(=O)c1nc(F)sc1-c1ccccc1. The number of carbonyl (C=O) groups excluding carboxylic acids is 1. The number of carbonyl (C=O) groups is 1. The minimum absolute atomic E-state index is 0.153. The van der Waals surface area contributed by atoms with Crippen LogP contribution in [0.25, 0.3) is 10.4 Å². The minimum Gasteiger partial charge on any atom is -0.351 e. The second-order valence-corrected chi connectivity index (χ2v) is 4.32. The normalized spacial score (nSPS) is 10.2. The predicted molar refractivity (Wildman–Crippen MR) is 65.5 cm³/mol. The Morgan fingerprint density at radius 3 is 2.76 bits per heavy atom. The Morgan fingerprint density at radius 2 is 2.12 bits per heavy atom. The maximum absolute atomic E-state index is 13.2. The van der Waals surface area contributed by atoms with E-state index in [4.69, 9.17) is 0 Å². The number of amides is 1. The summed E-state index contributed by atoms with van der Waals surface area (Å²) in [6.45, 7) is 2.30. The Labute approximate surface area is 102 Å². The van der Waals surface area contributed by atoms with E-state index < -0.39 is 5.26 Å². The summed E-state index contributed by atoms with van der Waals surface area (Å²) in [5.41, 5.74) is 0.954. The van der Waals surface area contributed by atoms with Crippen molar-refractivity contribution in [2.45, 2.75) is 6.92 Å². The Kier molecular flexibility index (Phi) is 3.49. The van der Waals surface area contributed by atoms with Gasteiger partial charge in [0.1, 0.15) is 5.69 Å². The van der Waals surface area contributed by atoms with Gasteiger partial charge in [0, 0.05) is 6.54 Å². The molecule has 1 heterocycles. The lowest BCUT2D eigenvalue weighted by atomic mass is 10.1. The van der Waals surface area contributed by atoms with Gasteiger partial charge in [-0.2, -0.15) is 4.39 Å². The van der Waals surface area contributed by atoms with Crippen LogP contribution in [0, 0.1) is 5.26 Å². The quantitative estimate of drug-likeness (QED) is 0.910. The van der Waals surface area contributed by atoms with E-state index in [0.29, 0.717) is 11.4 Å². The van der Waals surface area contributed by atoms with Gasteiger partial charge in [0.05, 0.1) is 4.88 Å². The lowest BCUT2D eigenvalue weighted by Gasteiger charge is -2.02. The van der Waals surface area contributed by atoms with E-state index in [9.17, 15) is 9.18 Å². The molecule has 17 heavy (non-hydrogen) atoms. The van der Waals surface area contributed by atoms with E-state index in [0.717, 1.165) is 16.9 Å². The molecule has 0 fully saturated rings. The van der Waals surface area contributed by atoms with Gasteiger partial charge in [0.2, 0.25) is 0 Å². The van der Waals surface area contributed by atoms with Crippen molar-refractivity contribution < 1.29 is 9.18 Å². The van der Waals surface area contributed by atoms with Crippen LogP contribution in [0.2, 0.25) is 0 Å². The average Bonchev–Trinajstić information content (AvgIpc) is 2.73. The molecule has 2 rings (SSSR count). The zero-order valence-corrected chi connectivity index (χ0v) is 10.1. The van der Waals surface area contributed by atoms with Crippen LogP contribution < -0.4 is 5.32 Å². The van der Waals surface area contributed by atoms with Crippen LogP contribution in [0.15, 0.2) is 30.3 Å². The molecule has 1 amide bonds. The van der Waals surface area contributed by atoms with E-state index in [-0.39, 0.29) is 11.6 Å². The van der Waals surface area contributed by atoms with Crippen molar-refractivity contribution in [3.8, 4) is 10.4 Å². The van der Waals surface area contributed by atoms with Gasteiger partial charge in [0.25, 0.3) is 11.2 Å². The number of hydrogen-bond acceptors (Lipinski definition) is 3. The minimum atomic E-state index is -0.592. The van der Waals surface area contributed by atoms with Crippen LogP contribution in [0.5, 0.6) is 0 Å². The number of aromatic nitrogens is 1. The summed E-state index contributed by atoms with van der Waals surface area (Å²) in [7, 11) is 0. The first-order chi connectivity index (χ1) is 8.22. The number of benzene rings is 1. The lowest BCUT2D eigenvalue weighted by molar-refractivity contribution is 0.0951. The van der Waals surface area contributed by atoms with E-state index in [1.165, 1.54) is 0 Å². The van der Waals surface area contributed by atoms with Gasteiger partial charge in [-0.1, -0.05) is 41.7 Å². The van der Waals surface area contributed by atoms with Gasteiger partial charge in [-0.25, -0.2) is 4.98 Å². The molecule has 0 saturated heterocycles. The monoisotopic (exact) mass is 250 g/mol. The van der Waals surface area contributed by atoms with Crippen molar-refractivity contribution in [2.75, 3.05) is 6.54 Å². The van der Waals surface area contributed by atoms with Crippen molar-refractivity contribution in [3.63, 3.8) is 0 Å². The highest BCUT2D eigenvalue weighted by Gasteiger charge is 2.18. The first-order valence-corrected chi connectivity index (χ1v) is 6.04. The lowest BCUT2D eigenvalue weighted by Crippen LogP contribution is -2.23. The largest absolute Gasteiger partial charge is 0.351 e. The molecule has 3 nitrogen and oxygen atoms in total. The number of rotatable bonds is 3. The molecule has 0 bridgehead atoms. The maximum Gasteiger partial charge on any atom is 0.271 e. The molecule has 88 valence electrons. The highest BCUT2D eigenvalue weighted by molar-refractivity contribution is 7.14. The molecular formula is C12H11FN2OS. The molecule has 1 aromatic heterocycles. The van der Waals surface area contributed by atoms with E-state index in [1.54, 1.807) is 0 Å². The molecule has 0 aliphatic heterocycles. The average molecular weight is 250 g/mol. The summed E-state index contributed by atoms with van der Waals surface area (Å²) in [6, 6.07) is 9.21. The summed E-state index contributed by atoms with van der Waals surface area (Å²) in [5.74, 6) is -0.341. The highest BCUT2D eigenvalue weighted by atomic mass is 32.1. The van der Waals surface area contributed by atoms with Gasteiger partial charge >= 0.3 is 0 Å². The highest BCUT2D eigenvalue weighted by Crippen LogP contribution is 2.29. The van der Waals surface area contributed by atoms with Gasteiger partial charge in [-0.3, -0.25) is 4.79 Å². The summed E-state index contributed by atoms with van der Waals surface area (Å²) in [4.78, 5) is 15.9. The topological polar surface area (TPSA) is 42.0 Å². The van der Waals surface area contributed by atoms with Gasteiger partial charge in [-0.15, -0.1) is 0 Å². The number of nitrogens with zero attached hydrogens (tertiary/aromatic N) is 1. The molecule has 2 aromatic rings. The van der Waals surface area contributed by atoms with E-state index >= 15 is 0 Å². The van der Waals surface area contributed by atoms with Crippen LogP contribution in [0.3, 0.4) is 0 Å². The smallest absolute Gasteiger partial charge is 0.271 e. The number of nitrogens with one attached hydrogen (secondary N) is 1. The first-order valence-electron chi connectivity index (χ1n) is 5.22. The zero-order chi connectivity index (χ0) is 12.3.